The molecule has 0 saturated carbocycles. The van der Waals surface area contributed by atoms with Crippen molar-refractivity contribution < 1.29 is 13.2 Å². The van der Waals surface area contributed by atoms with Gasteiger partial charge in [0.05, 0.1) is 17.7 Å². The Morgan fingerprint density at radius 1 is 1.24 bits per heavy atom. The quantitative estimate of drug-likeness (QED) is 0.792. The number of hydrogen-bond donors (Lipinski definition) is 2. The first-order valence-corrected chi connectivity index (χ1v) is 8.37. The molecule has 0 heterocycles. The van der Waals surface area contributed by atoms with Crippen LogP contribution in [0.1, 0.15) is 5.56 Å². The standard InChI is InChI=1S/C14H15BrN2O3S/c1-20-14-6-5-12(8-13(14)16)21(18,19)17-9-10-3-2-4-11(15)7-10/h2-8,17H,9,16H2,1H3. The van der Waals surface area contributed by atoms with Gasteiger partial charge in [0.1, 0.15) is 5.75 Å². The average molecular weight is 371 g/mol. The molecule has 112 valence electrons. The molecule has 0 amide bonds. The predicted molar refractivity (Wildman–Crippen MR) is 85.6 cm³/mol. The highest BCUT2D eigenvalue weighted by atomic mass is 79.9. The van der Waals surface area contributed by atoms with Gasteiger partial charge in [0.15, 0.2) is 0 Å². The predicted octanol–water partition coefficient (Wildman–Crippen LogP) is 2.52. The van der Waals surface area contributed by atoms with E-state index in [9.17, 15) is 8.42 Å². The highest BCUT2D eigenvalue weighted by Crippen LogP contribution is 2.24. The molecule has 5 nitrogen and oxygen atoms in total. The summed E-state index contributed by atoms with van der Waals surface area (Å²) in [7, 11) is -2.14. The number of methoxy groups -OCH3 is 1. The highest BCUT2D eigenvalue weighted by Gasteiger charge is 2.15. The lowest BCUT2D eigenvalue weighted by molar-refractivity contribution is 0.416. The molecule has 0 atom stereocenters. The maximum absolute atomic E-state index is 12.2. The minimum absolute atomic E-state index is 0.107. The third kappa shape index (κ3) is 3.96. The van der Waals surface area contributed by atoms with Crippen LogP contribution in [0.15, 0.2) is 51.8 Å². The zero-order chi connectivity index (χ0) is 15.5. The molecule has 0 aromatic heterocycles. The fourth-order valence-electron chi connectivity index (χ4n) is 1.79. The van der Waals surface area contributed by atoms with E-state index in [1.807, 2.05) is 24.3 Å². The zero-order valence-corrected chi connectivity index (χ0v) is 13.7. The van der Waals surface area contributed by atoms with E-state index >= 15 is 0 Å². The Bertz CT molecular complexity index is 748. The van der Waals surface area contributed by atoms with Gasteiger partial charge >= 0.3 is 0 Å². The number of ether oxygens (including phenoxy) is 1. The van der Waals surface area contributed by atoms with Gasteiger partial charge in [0, 0.05) is 11.0 Å². The number of nitrogen functional groups attached to an aromatic ring is 1. The van der Waals surface area contributed by atoms with Crippen LogP contribution in [0.2, 0.25) is 0 Å². The van der Waals surface area contributed by atoms with E-state index < -0.39 is 10.0 Å². The minimum atomic E-state index is -3.62. The molecule has 0 saturated heterocycles. The molecule has 0 aliphatic rings. The molecule has 0 spiro atoms. The molecule has 0 radical (unpaired) electrons. The van der Waals surface area contributed by atoms with Gasteiger partial charge in [-0.2, -0.15) is 0 Å². The van der Waals surface area contributed by atoms with Gasteiger partial charge in [-0.3, -0.25) is 0 Å². The van der Waals surface area contributed by atoms with E-state index in [1.165, 1.54) is 25.3 Å². The average Bonchev–Trinajstić information content (AvgIpc) is 2.45. The SMILES string of the molecule is COc1ccc(S(=O)(=O)NCc2cccc(Br)c2)cc1N. The Balaban J connectivity index is 2.17. The Morgan fingerprint density at radius 3 is 2.62 bits per heavy atom. The second kappa shape index (κ2) is 6.46. The Hall–Kier alpha value is -1.57. The third-order valence-electron chi connectivity index (χ3n) is 2.87. The summed E-state index contributed by atoms with van der Waals surface area (Å²) in [5.74, 6) is 0.445. The number of halogens is 1. The lowest BCUT2D eigenvalue weighted by atomic mass is 10.2. The number of benzene rings is 2. The highest BCUT2D eigenvalue weighted by molar-refractivity contribution is 9.10. The molecule has 2 rings (SSSR count). The fraction of sp³-hybridized carbons (Fsp3) is 0.143. The number of nitrogens with two attached hydrogens (primary N) is 1. The minimum Gasteiger partial charge on any atom is -0.495 e. The molecule has 0 unspecified atom stereocenters. The molecule has 21 heavy (non-hydrogen) atoms. The topological polar surface area (TPSA) is 81.4 Å². The summed E-state index contributed by atoms with van der Waals surface area (Å²) >= 11 is 3.35. The number of hydrogen-bond acceptors (Lipinski definition) is 4. The maximum Gasteiger partial charge on any atom is 0.240 e. The molecule has 0 aliphatic heterocycles. The van der Waals surface area contributed by atoms with Gasteiger partial charge in [-0.25, -0.2) is 13.1 Å². The van der Waals surface area contributed by atoms with Crippen molar-refractivity contribution in [1.29, 1.82) is 0 Å². The van der Waals surface area contributed by atoms with Crippen LogP contribution in [0.25, 0.3) is 0 Å². The summed E-state index contributed by atoms with van der Waals surface area (Å²) in [6.45, 7) is 0.202. The molecule has 7 heteroatoms. The number of nitrogens with one attached hydrogen (secondary N) is 1. The summed E-state index contributed by atoms with van der Waals surface area (Å²) in [5, 5.41) is 0. The molecule has 3 N–H and O–H groups in total. The second-order valence-corrected chi connectivity index (χ2v) is 7.04. The zero-order valence-electron chi connectivity index (χ0n) is 11.3. The monoisotopic (exact) mass is 370 g/mol. The van der Waals surface area contributed by atoms with Crippen molar-refractivity contribution in [3.05, 3.63) is 52.5 Å². The molecular weight excluding hydrogens is 356 g/mol. The summed E-state index contributed by atoms with van der Waals surface area (Å²) in [5.41, 5.74) is 6.87. The van der Waals surface area contributed by atoms with Crippen LogP contribution in [0.3, 0.4) is 0 Å². The Labute approximate surface area is 132 Å². The van der Waals surface area contributed by atoms with E-state index in [4.69, 9.17) is 10.5 Å². The van der Waals surface area contributed by atoms with Crippen LogP contribution in [0, 0.1) is 0 Å². The van der Waals surface area contributed by atoms with E-state index in [-0.39, 0.29) is 17.1 Å². The Kier molecular flexibility index (Phi) is 4.87. The van der Waals surface area contributed by atoms with Crippen molar-refractivity contribution >= 4 is 31.6 Å². The number of anilines is 1. The largest absolute Gasteiger partial charge is 0.495 e. The van der Waals surface area contributed by atoms with Crippen LogP contribution in [-0.2, 0) is 16.6 Å². The maximum atomic E-state index is 12.2. The van der Waals surface area contributed by atoms with Gasteiger partial charge < -0.3 is 10.5 Å². The second-order valence-electron chi connectivity index (χ2n) is 4.36. The molecule has 0 aliphatic carbocycles. The Morgan fingerprint density at radius 2 is 2.00 bits per heavy atom. The van der Waals surface area contributed by atoms with E-state index in [2.05, 4.69) is 20.7 Å². The lowest BCUT2D eigenvalue weighted by Crippen LogP contribution is -2.23. The number of sulfonamides is 1. The summed E-state index contributed by atoms with van der Waals surface area (Å²) in [4.78, 5) is 0.107. The van der Waals surface area contributed by atoms with Gasteiger partial charge in [-0.15, -0.1) is 0 Å². The summed E-state index contributed by atoms with van der Waals surface area (Å²) < 4.78 is 32.9. The first kappa shape index (κ1) is 15.8. The lowest BCUT2D eigenvalue weighted by Gasteiger charge is -2.09. The van der Waals surface area contributed by atoms with Gasteiger partial charge in [-0.05, 0) is 35.9 Å². The van der Waals surface area contributed by atoms with Crippen molar-refractivity contribution in [3.8, 4) is 5.75 Å². The molecule has 2 aromatic carbocycles. The van der Waals surface area contributed by atoms with Crippen molar-refractivity contribution in [1.82, 2.24) is 4.72 Å². The molecular formula is C14H15BrN2O3S. The van der Waals surface area contributed by atoms with Gasteiger partial charge in [0.25, 0.3) is 0 Å². The molecule has 2 aromatic rings. The third-order valence-corrected chi connectivity index (χ3v) is 4.76. The van der Waals surface area contributed by atoms with E-state index in [0.29, 0.717) is 5.75 Å². The van der Waals surface area contributed by atoms with Crippen LogP contribution < -0.4 is 15.2 Å². The normalized spacial score (nSPS) is 11.3. The molecule has 0 bridgehead atoms. The van der Waals surface area contributed by atoms with E-state index in [1.54, 1.807) is 0 Å². The summed E-state index contributed by atoms with van der Waals surface area (Å²) in [6, 6.07) is 11.8. The number of rotatable bonds is 5. The summed E-state index contributed by atoms with van der Waals surface area (Å²) in [6.07, 6.45) is 0. The van der Waals surface area contributed by atoms with Crippen LogP contribution in [0.4, 0.5) is 5.69 Å². The molecule has 0 fully saturated rings. The van der Waals surface area contributed by atoms with Crippen molar-refractivity contribution in [2.45, 2.75) is 11.4 Å². The van der Waals surface area contributed by atoms with Gasteiger partial charge in [0.2, 0.25) is 10.0 Å². The van der Waals surface area contributed by atoms with E-state index in [0.717, 1.165) is 10.0 Å². The first-order valence-electron chi connectivity index (χ1n) is 6.10. The van der Waals surface area contributed by atoms with Crippen LogP contribution in [0.5, 0.6) is 5.75 Å². The fourth-order valence-corrected chi connectivity index (χ4v) is 3.29. The van der Waals surface area contributed by atoms with Crippen molar-refractivity contribution in [3.63, 3.8) is 0 Å². The van der Waals surface area contributed by atoms with Crippen molar-refractivity contribution in [2.24, 2.45) is 0 Å². The van der Waals surface area contributed by atoms with Gasteiger partial charge in [-0.1, -0.05) is 28.1 Å². The smallest absolute Gasteiger partial charge is 0.240 e. The van der Waals surface area contributed by atoms with Crippen LogP contribution in [-0.4, -0.2) is 15.5 Å². The first-order chi connectivity index (χ1) is 9.92. The van der Waals surface area contributed by atoms with Crippen molar-refractivity contribution in [2.75, 3.05) is 12.8 Å². The van der Waals surface area contributed by atoms with Crippen LogP contribution >= 0.6 is 15.9 Å².